The van der Waals surface area contributed by atoms with Gasteiger partial charge >= 0.3 is 6.18 Å². The van der Waals surface area contributed by atoms with E-state index < -0.39 is 17.8 Å². The van der Waals surface area contributed by atoms with Crippen molar-refractivity contribution < 1.29 is 27.6 Å². The number of aromatic nitrogens is 4. The molecular formula is C32H38ClF3N8O3. The second-order valence-corrected chi connectivity index (χ2v) is 13.0. The van der Waals surface area contributed by atoms with Crippen LogP contribution in [0, 0.1) is 11.8 Å². The van der Waals surface area contributed by atoms with E-state index in [1.54, 1.807) is 11.0 Å². The number of hydrogen-bond donors (Lipinski definition) is 4. The highest BCUT2D eigenvalue weighted by Crippen LogP contribution is 2.35. The van der Waals surface area contributed by atoms with Gasteiger partial charge in [0.1, 0.15) is 0 Å². The van der Waals surface area contributed by atoms with Gasteiger partial charge in [0.15, 0.2) is 11.5 Å². The molecule has 1 aromatic carbocycles. The number of nitrogens with zero attached hydrogens (tertiary/aromatic N) is 4. The Bertz CT molecular complexity index is 1600. The normalized spacial score (nSPS) is 18.1. The first-order valence-corrected chi connectivity index (χ1v) is 16.5. The molecule has 2 aromatic heterocycles. The summed E-state index contributed by atoms with van der Waals surface area (Å²) in [6.07, 6.45) is 2.86. The standard InChI is InChI=1S/C32H38ClF3N8O3/c33-25-17-21(5-6-23(25)31(47)44-13-11-43(12-14-44)30(46)20-7-9-37-10-8-20)40-29(45)28-38-18-22(39-28)16-24-26(15-19-3-1-2-4-19)41-42-27(24)32(34,35)36/h5-6,17-20,37H,1-4,7-16H2,(H,38,39)(H,40,45)(H,41,42). The minimum Gasteiger partial charge on any atom is -0.339 e. The fraction of sp³-hybridized carbons (Fsp3) is 0.531. The highest BCUT2D eigenvalue weighted by atomic mass is 35.5. The zero-order valence-electron chi connectivity index (χ0n) is 25.9. The Morgan fingerprint density at radius 3 is 2.38 bits per heavy atom. The quantitative estimate of drug-likeness (QED) is 0.274. The molecule has 4 heterocycles. The van der Waals surface area contributed by atoms with Crippen molar-refractivity contribution in [3.05, 3.63) is 63.5 Å². The summed E-state index contributed by atoms with van der Waals surface area (Å²) in [5.41, 5.74) is 0.495. The van der Waals surface area contributed by atoms with Crippen LogP contribution < -0.4 is 10.6 Å². The maximum Gasteiger partial charge on any atom is 0.435 e. The summed E-state index contributed by atoms with van der Waals surface area (Å²) in [5.74, 6) is -0.463. The molecule has 6 rings (SSSR count). The van der Waals surface area contributed by atoms with E-state index in [-0.39, 0.29) is 46.1 Å². The van der Waals surface area contributed by atoms with Crippen LogP contribution >= 0.6 is 11.6 Å². The topological polar surface area (TPSA) is 139 Å². The largest absolute Gasteiger partial charge is 0.435 e. The van der Waals surface area contributed by atoms with Crippen LogP contribution in [0.2, 0.25) is 5.02 Å². The first-order valence-electron chi connectivity index (χ1n) is 16.1. The van der Waals surface area contributed by atoms with Crippen LogP contribution in [-0.4, -0.2) is 87.0 Å². The summed E-state index contributed by atoms with van der Waals surface area (Å²) >= 11 is 6.47. The van der Waals surface area contributed by atoms with Crippen molar-refractivity contribution in [1.29, 1.82) is 0 Å². The smallest absolute Gasteiger partial charge is 0.339 e. The van der Waals surface area contributed by atoms with Gasteiger partial charge in [0, 0.05) is 67.4 Å². The molecule has 0 atom stereocenters. The van der Waals surface area contributed by atoms with Crippen LogP contribution in [0.25, 0.3) is 0 Å². The lowest BCUT2D eigenvalue weighted by atomic mass is 9.96. The number of halogens is 4. The molecule has 0 radical (unpaired) electrons. The van der Waals surface area contributed by atoms with Crippen molar-refractivity contribution in [2.75, 3.05) is 44.6 Å². The third kappa shape index (κ3) is 7.64. The number of aromatic amines is 2. The predicted molar refractivity (Wildman–Crippen MR) is 168 cm³/mol. The first kappa shape index (κ1) is 33.0. The summed E-state index contributed by atoms with van der Waals surface area (Å²) in [6, 6.07) is 4.54. The van der Waals surface area contributed by atoms with Gasteiger partial charge in [-0.05, 0) is 56.5 Å². The second kappa shape index (κ2) is 14.1. The number of H-pyrrole nitrogens is 2. The molecule has 11 nitrogen and oxygen atoms in total. The SMILES string of the molecule is O=C(Nc1ccc(C(=O)N2CCN(C(=O)C3CCNCC3)CC2)c(Cl)c1)c1ncc(Cc2c(C(F)(F)F)n[nH]c2CC2CCCC2)[nH]1. The number of alkyl halides is 3. The third-order valence-electron chi connectivity index (χ3n) is 9.42. The molecule has 3 aromatic rings. The molecule has 3 fully saturated rings. The fourth-order valence-corrected chi connectivity index (χ4v) is 7.10. The van der Waals surface area contributed by atoms with Gasteiger partial charge in [-0.2, -0.15) is 18.3 Å². The lowest BCUT2D eigenvalue weighted by Crippen LogP contribution is -2.52. The van der Waals surface area contributed by atoms with Crippen molar-refractivity contribution in [2.24, 2.45) is 11.8 Å². The number of nitrogens with one attached hydrogen (secondary N) is 4. The average Bonchev–Trinajstić information content (AvgIpc) is 3.84. The van der Waals surface area contributed by atoms with Gasteiger partial charge in [0.25, 0.3) is 11.8 Å². The van der Waals surface area contributed by atoms with Crippen molar-refractivity contribution >= 4 is 35.0 Å². The van der Waals surface area contributed by atoms with Gasteiger partial charge in [-0.3, -0.25) is 19.5 Å². The maximum absolute atomic E-state index is 13.8. The molecule has 15 heteroatoms. The lowest BCUT2D eigenvalue weighted by molar-refractivity contribution is -0.141. The van der Waals surface area contributed by atoms with Crippen molar-refractivity contribution in [1.82, 2.24) is 35.3 Å². The number of rotatable bonds is 8. The van der Waals surface area contributed by atoms with E-state index in [2.05, 4.69) is 30.8 Å². The Morgan fingerprint density at radius 2 is 1.70 bits per heavy atom. The first-order chi connectivity index (χ1) is 22.6. The summed E-state index contributed by atoms with van der Waals surface area (Å²) < 4.78 is 41.3. The molecule has 2 saturated heterocycles. The summed E-state index contributed by atoms with van der Waals surface area (Å²) in [7, 11) is 0. The maximum atomic E-state index is 13.8. The van der Waals surface area contributed by atoms with E-state index >= 15 is 0 Å². The Hall–Kier alpha value is -3.91. The molecule has 47 heavy (non-hydrogen) atoms. The average molecular weight is 675 g/mol. The Kier molecular flexibility index (Phi) is 9.88. The van der Waals surface area contributed by atoms with Gasteiger partial charge < -0.3 is 25.4 Å². The molecule has 2 aliphatic heterocycles. The molecule has 4 N–H and O–H groups in total. The number of hydrogen-bond acceptors (Lipinski definition) is 6. The number of piperazine rings is 1. The van der Waals surface area contributed by atoms with Crippen molar-refractivity contribution in [3.8, 4) is 0 Å². The molecule has 0 unspecified atom stereocenters. The molecule has 252 valence electrons. The number of carbonyl (C=O) groups is 3. The highest BCUT2D eigenvalue weighted by molar-refractivity contribution is 6.34. The van der Waals surface area contributed by atoms with E-state index in [0.717, 1.165) is 51.6 Å². The van der Waals surface area contributed by atoms with E-state index in [1.165, 1.54) is 18.3 Å². The fourth-order valence-electron chi connectivity index (χ4n) is 6.84. The highest BCUT2D eigenvalue weighted by Gasteiger charge is 2.38. The minimum atomic E-state index is -4.62. The summed E-state index contributed by atoms with van der Waals surface area (Å²) in [4.78, 5) is 49.5. The second-order valence-electron chi connectivity index (χ2n) is 12.6. The van der Waals surface area contributed by atoms with Gasteiger partial charge in [0.2, 0.25) is 5.91 Å². The van der Waals surface area contributed by atoms with Crippen LogP contribution in [0.1, 0.15) is 82.1 Å². The zero-order valence-corrected chi connectivity index (χ0v) is 26.6. The van der Waals surface area contributed by atoms with E-state index in [4.69, 9.17) is 11.6 Å². The molecule has 1 saturated carbocycles. The number of amides is 3. The number of piperidine rings is 1. The van der Waals surface area contributed by atoms with E-state index in [0.29, 0.717) is 55.6 Å². The predicted octanol–water partition coefficient (Wildman–Crippen LogP) is 4.66. The zero-order chi connectivity index (χ0) is 33.1. The molecule has 3 aliphatic rings. The van der Waals surface area contributed by atoms with Crippen LogP contribution in [-0.2, 0) is 23.8 Å². The van der Waals surface area contributed by atoms with Crippen molar-refractivity contribution in [3.63, 3.8) is 0 Å². The lowest BCUT2D eigenvalue weighted by Gasteiger charge is -2.37. The Morgan fingerprint density at radius 1 is 1.00 bits per heavy atom. The summed E-state index contributed by atoms with van der Waals surface area (Å²) in [6.45, 7) is 3.40. The third-order valence-corrected chi connectivity index (χ3v) is 9.74. The van der Waals surface area contributed by atoms with Crippen LogP contribution in [0.5, 0.6) is 0 Å². The van der Waals surface area contributed by atoms with Crippen molar-refractivity contribution in [2.45, 2.75) is 57.5 Å². The molecule has 0 bridgehead atoms. The van der Waals surface area contributed by atoms with Gasteiger partial charge in [-0.15, -0.1) is 0 Å². The molecule has 1 aliphatic carbocycles. The Balaban J connectivity index is 1.06. The van der Waals surface area contributed by atoms with E-state index in [1.807, 2.05) is 4.90 Å². The van der Waals surface area contributed by atoms with Crippen LogP contribution in [0.4, 0.5) is 18.9 Å². The number of benzene rings is 1. The molecular weight excluding hydrogens is 637 g/mol. The number of anilines is 1. The monoisotopic (exact) mass is 674 g/mol. The Labute approximate surface area is 275 Å². The van der Waals surface area contributed by atoms with Crippen LogP contribution in [0.15, 0.2) is 24.4 Å². The van der Waals surface area contributed by atoms with Crippen LogP contribution in [0.3, 0.4) is 0 Å². The van der Waals surface area contributed by atoms with Gasteiger partial charge in [0.05, 0.1) is 10.6 Å². The summed E-state index contributed by atoms with van der Waals surface area (Å²) in [5, 5.41) is 12.3. The van der Waals surface area contributed by atoms with Gasteiger partial charge in [-0.1, -0.05) is 37.3 Å². The minimum absolute atomic E-state index is 0.0290. The molecule has 0 spiro atoms. The molecule has 3 amide bonds. The number of carbonyl (C=O) groups excluding carboxylic acids is 3. The van der Waals surface area contributed by atoms with Gasteiger partial charge in [-0.25, -0.2) is 4.98 Å². The van der Waals surface area contributed by atoms with E-state index in [9.17, 15) is 27.6 Å². The number of imidazole rings is 1.